The van der Waals surface area contributed by atoms with E-state index in [0.29, 0.717) is 5.69 Å². The average Bonchev–Trinajstić information content (AvgIpc) is 2.90. The Morgan fingerprint density at radius 1 is 1.29 bits per heavy atom. The van der Waals surface area contributed by atoms with Crippen LogP contribution in [-0.4, -0.2) is 25.5 Å². The topological polar surface area (TPSA) is 133 Å². The number of nitro groups is 2. The van der Waals surface area contributed by atoms with Crippen LogP contribution in [0.3, 0.4) is 0 Å². The fraction of sp³-hybridized carbons (Fsp3) is 0.231. The highest BCUT2D eigenvalue weighted by molar-refractivity contribution is 6.31. The maximum atomic E-state index is 12.3. The van der Waals surface area contributed by atoms with E-state index < -0.39 is 21.8 Å². The number of hydrogen-bond acceptors (Lipinski definition) is 6. The average molecular weight is 354 g/mol. The van der Waals surface area contributed by atoms with Gasteiger partial charge >= 0.3 is 5.82 Å². The van der Waals surface area contributed by atoms with E-state index in [1.807, 2.05) is 0 Å². The fourth-order valence-corrected chi connectivity index (χ4v) is 2.23. The number of hydrogen-bond donors (Lipinski definition) is 1. The van der Waals surface area contributed by atoms with Crippen molar-refractivity contribution in [1.82, 2.24) is 9.78 Å². The second kappa shape index (κ2) is 6.62. The number of carbonyl (C=O) groups excluding carboxylic acids is 1. The molecular weight excluding hydrogens is 342 g/mol. The van der Waals surface area contributed by atoms with Gasteiger partial charge < -0.3 is 15.4 Å². The SMILES string of the molecule is Cc1cc([N+](=O)[O-])nn1C(C)C(=O)Nc1ccc(Cl)cc1[N+](=O)[O-]. The van der Waals surface area contributed by atoms with E-state index in [1.165, 1.54) is 29.8 Å². The van der Waals surface area contributed by atoms with E-state index in [-0.39, 0.29) is 22.2 Å². The molecule has 0 fully saturated rings. The molecular formula is C13H12ClN5O5. The lowest BCUT2D eigenvalue weighted by Crippen LogP contribution is -2.25. The van der Waals surface area contributed by atoms with Crippen LogP contribution in [0.4, 0.5) is 17.2 Å². The Hall–Kier alpha value is -3.01. The van der Waals surface area contributed by atoms with Crippen LogP contribution in [0, 0.1) is 27.2 Å². The lowest BCUT2D eigenvalue weighted by Gasteiger charge is -2.11. The Balaban J connectivity index is 2.27. The Morgan fingerprint density at radius 2 is 1.96 bits per heavy atom. The molecule has 2 aromatic rings. The second-order valence-corrected chi connectivity index (χ2v) is 5.37. The number of nitrogens with zero attached hydrogens (tertiary/aromatic N) is 4. The zero-order chi connectivity index (χ0) is 18.0. The van der Waals surface area contributed by atoms with Gasteiger partial charge in [-0.15, -0.1) is 0 Å². The molecule has 0 aliphatic carbocycles. The predicted molar refractivity (Wildman–Crippen MR) is 85.1 cm³/mol. The van der Waals surface area contributed by atoms with Crippen LogP contribution in [0.25, 0.3) is 0 Å². The molecule has 1 heterocycles. The minimum Gasteiger partial charge on any atom is -0.358 e. The molecule has 1 N–H and O–H groups in total. The quantitative estimate of drug-likeness (QED) is 0.648. The van der Waals surface area contributed by atoms with E-state index in [0.717, 1.165) is 6.07 Å². The summed E-state index contributed by atoms with van der Waals surface area (Å²) in [5, 5.41) is 28.1. The summed E-state index contributed by atoms with van der Waals surface area (Å²) < 4.78 is 1.18. The van der Waals surface area contributed by atoms with E-state index in [2.05, 4.69) is 10.4 Å². The lowest BCUT2D eigenvalue weighted by molar-refractivity contribution is -0.389. The number of nitro benzene ring substituents is 1. The first-order chi connectivity index (χ1) is 11.2. The van der Waals surface area contributed by atoms with E-state index in [1.54, 1.807) is 6.92 Å². The van der Waals surface area contributed by atoms with Crippen molar-refractivity contribution in [3.05, 3.63) is 55.2 Å². The predicted octanol–water partition coefficient (Wildman–Crippen LogP) is 2.86. The summed E-state index contributed by atoms with van der Waals surface area (Å²) in [4.78, 5) is 32.7. The Kier molecular flexibility index (Phi) is 4.79. The number of rotatable bonds is 5. The monoisotopic (exact) mass is 353 g/mol. The number of carbonyl (C=O) groups is 1. The molecule has 0 spiro atoms. The number of nitrogens with one attached hydrogen (secondary N) is 1. The van der Waals surface area contributed by atoms with Crippen molar-refractivity contribution in [3.63, 3.8) is 0 Å². The molecule has 0 aliphatic rings. The Morgan fingerprint density at radius 3 is 2.50 bits per heavy atom. The van der Waals surface area contributed by atoms with Crippen LogP contribution in [0.5, 0.6) is 0 Å². The van der Waals surface area contributed by atoms with Gasteiger partial charge in [0.2, 0.25) is 0 Å². The maximum Gasteiger partial charge on any atom is 0.390 e. The van der Waals surface area contributed by atoms with Gasteiger partial charge in [-0.1, -0.05) is 11.6 Å². The Bertz CT molecular complexity index is 834. The van der Waals surface area contributed by atoms with Gasteiger partial charge in [-0.2, -0.15) is 4.68 Å². The van der Waals surface area contributed by atoms with E-state index in [9.17, 15) is 25.0 Å². The van der Waals surface area contributed by atoms with Crippen molar-refractivity contribution in [1.29, 1.82) is 0 Å². The van der Waals surface area contributed by atoms with Crippen molar-refractivity contribution in [2.45, 2.75) is 19.9 Å². The van der Waals surface area contributed by atoms with E-state index >= 15 is 0 Å². The molecule has 1 atom stereocenters. The van der Waals surface area contributed by atoms with Crippen LogP contribution in [0.15, 0.2) is 24.3 Å². The molecule has 10 nitrogen and oxygen atoms in total. The number of benzene rings is 1. The Labute approximate surface area is 140 Å². The third kappa shape index (κ3) is 3.49. The fourth-order valence-electron chi connectivity index (χ4n) is 2.06. The highest BCUT2D eigenvalue weighted by Gasteiger charge is 2.26. The molecule has 0 saturated carbocycles. The summed E-state index contributed by atoms with van der Waals surface area (Å²) in [6.07, 6.45) is 0. The standard InChI is InChI=1S/C13H12ClN5O5/c1-7-5-12(19(23)24)16-17(7)8(2)13(20)15-10-4-3-9(14)6-11(10)18(21)22/h3-6,8H,1-2H3,(H,15,20). The van der Waals surface area contributed by atoms with Crippen LogP contribution >= 0.6 is 11.6 Å². The number of anilines is 1. The van der Waals surface area contributed by atoms with Crippen LogP contribution in [0.1, 0.15) is 18.7 Å². The van der Waals surface area contributed by atoms with Crippen molar-refractivity contribution in [2.75, 3.05) is 5.32 Å². The van der Waals surface area contributed by atoms with Crippen LogP contribution in [0.2, 0.25) is 5.02 Å². The van der Waals surface area contributed by atoms with Crippen LogP contribution in [-0.2, 0) is 4.79 Å². The first-order valence-electron chi connectivity index (χ1n) is 6.66. The summed E-state index contributed by atoms with van der Waals surface area (Å²) in [7, 11) is 0. The highest BCUT2D eigenvalue weighted by atomic mass is 35.5. The van der Waals surface area contributed by atoms with Gasteiger partial charge in [0.1, 0.15) is 11.7 Å². The smallest absolute Gasteiger partial charge is 0.358 e. The summed E-state index contributed by atoms with van der Waals surface area (Å²) in [5.74, 6) is -0.994. The first kappa shape index (κ1) is 17.3. The lowest BCUT2D eigenvalue weighted by atomic mass is 10.2. The molecule has 0 bridgehead atoms. The molecule has 1 unspecified atom stereocenters. The molecule has 1 aromatic carbocycles. The molecule has 1 amide bonds. The largest absolute Gasteiger partial charge is 0.390 e. The van der Waals surface area contributed by atoms with Gasteiger partial charge in [0.15, 0.2) is 0 Å². The minimum atomic E-state index is -0.908. The zero-order valence-corrected chi connectivity index (χ0v) is 13.4. The third-order valence-corrected chi connectivity index (χ3v) is 3.49. The number of amides is 1. The summed E-state index contributed by atoms with van der Waals surface area (Å²) in [6, 6.07) is 4.15. The molecule has 0 aliphatic heterocycles. The van der Waals surface area contributed by atoms with Crippen molar-refractivity contribution >= 4 is 34.7 Å². The zero-order valence-electron chi connectivity index (χ0n) is 12.6. The summed E-state index contributed by atoms with van der Waals surface area (Å²) in [5.41, 5.74) is 0.0294. The number of aromatic nitrogens is 2. The molecule has 24 heavy (non-hydrogen) atoms. The van der Waals surface area contributed by atoms with Gasteiger partial charge in [0.25, 0.3) is 11.6 Å². The minimum absolute atomic E-state index is 0.0273. The second-order valence-electron chi connectivity index (χ2n) is 4.93. The third-order valence-electron chi connectivity index (χ3n) is 3.26. The maximum absolute atomic E-state index is 12.3. The molecule has 2 rings (SSSR count). The van der Waals surface area contributed by atoms with Crippen molar-refractivity contribution in [3.8, 4) is 0 Å². The van der Waals surface area contributed by atoms with Crippen LogP contribution < -0.4 is 5.32 Å². The first-order valence-corrected chi connectivity index (χ1v) is 7.04. The number of aryl methyl sites for hydroxylation is 1. The van der Waals surface area contributed by atoms with Gasteiger partial charge in [0.05, 0.1) is 21.8 Å². The summed E-state index contributed by atoms with van der Waals surface area (Å²) in [6.45, 7) is 3.04. The van der Waals surface area contributed by atoms with Gasteiger partial charge in [-0.25, -0.2) is 0 Å². The molecule has 1 aromatic heterocycles. The van der Waals surface area contributed by atoms with Gasteiger partial charge in [0, 0.05) is 11.1 Å². The molecule has 0 radical (unpaired) electrons. The summed E-state index contributed by atoms with van der Waals surface area (Å²) >= 11 is 5.71. The highest BCUT2D eigenvalue weighted by Crippen LogP contribution is 2.28. The molecule has 126 valence electrons. The van der Waals surface area contributed by atoms with Gasteiger partial charge in [-0.05, 0) is 30.9 Å². The van der Waals surface area contributed by atoms with Crippen molar-refractivity contribution in [2.24, 2.45) is 0 Å². The van der Waals surface area contributed by atoms with E-state index in [4.69, 9.17) is 11.6 Å². The van der Waals surface area contributed by atoms with Crippen molar-refractivity contribution < 1.29 is 14.6 Å². The molecule has 11 heteroatoms. The normalized spacial score (nSPS) is 11.8. The molecule has 0 saturated heterocycles. The number of halogens is 1. The van der Waals surface area contributed by atoms with Gasteiger partial charge in [-0.3, -0.25) is 14.9 Å².